The third-order valence-corrected chi connectivity index (χ3v) is 5.58. The quantitative estimate of drug-likeness (QED) is 0.803. The van der Waals surface area contributed by atoms with E-state index in [0.717, 1.165) is 25.9 Å². The van der Waals surface area contributed by atoms with Crippen LogP contribution in [0.1, 0.15) is 45.2 Å². The van der Waals surface area contributed by atoms with Gasteiger partial charge in [0.15, 0.2) is 5.75 Å². The van der Waals surface area contributed by atoms with Crippen molar-refractivity contribution in [3.05, 3.63) is 34.2 Å². The zero-order valence-electron chi connectivity index (χ0n) is 18.1. The van der Waals surface area contributed by atoms with Gasteiger partial charge in [-0.15, -0.1) is 0 Å². The number of carbonyl (C=O) groups excluding carboxylic acids is 1. The maximum atomic E-state index is 12.7. The summed E-state index contributed by atoms with van der Waals surface area (Å²) in [6.07, 6.45) is 2.71. The Morgan fingerprint density at radius 1 is 1.35 bits per heavy atom. The molecule has 0 saturated carbocycles. The second kappa shape index (κ2) is 8.19. The van der Waals surface area contributed by atoms with Crippen molar-refractivity contribution in [3.8, 4) is 11.8 Å². The van der Waals surface area contributed by atoms with Crippen molar-refractivity contribution >= 4 is 17.1 Å². The van der Waals surface area contributed by atoms with Gasteiger partial charge in [-0.1, -0.05) is 0 Å². The molecule has 2 aromatic heterocycles. The number of hydrogen-bond donors (Lipinski definition) is 1. The minimum Gasteiger partial charge on any atom is -0.488 e. The van der Waals surface area contributed by atoms with Crippen molar-refractivity contribution < 1.29 is 14.3 Å². The third-order valence-electron chi connectivity index (χ3n) is 5.58. The molecule has 2 aliphatic heterocycles. The van der Waals surface area contributed by atoms with E-state index in [0.29, 0.717) is 35.5 Å². The molecule has 0 aliphatic carbocycles. The summed E-state index contributed by atoms with van der Waals surface area (Å²) >= 11 is 0. The molecule has 1 N–H and O–H groups in total. The van der Waals surface area contributed by atoms with Crippen LogP contribution in [-0.4, -0.2) is 58.4 Å². The fourth-order valence-corrected chi connectivity index (χ4v) is 4.20. The number of amides is 1. The van der Waals surface area contributed by atoms with Gasteiger partial charge in [-0.05, 0) is 39.7 Å². The van der Waals surface area contributed by atoms with Gasteiger partial charge in [0, 0.05) is 37.9 Å². The average Bonchev–Trinajstić information content (AvgIpc) is 2.71. The van der Waals surface area contributed by atoms with E-state index >= 15 is 0 Å². The summed E-state index contributed by atoms with van der Waals surface area (Å²) in [7, 11) is 0. The van der Waals surface area contributed by atoms with E-state index < -0.39 is 5.60 Å². The highest BCUT2D eigenvalue weighted by Crippen LogP contribution is 2.33. The van der Waals surface area contributed by atoms with E-state index in [1.165, 1.54) is 12.3 Å². The Labute approximate surface area is 180 Å². The van der Waals surface area contributed by atoms with Crippen LogP contribution in [0.3, 0.4) is 0 Å². The van der Waals surface area contributed by atoms with Gasteiger partial charge >= 0.3 is 6.09 Å². The summed E-state index contributed by atoms with van der Waals surface area (Å²) in [5.41, 5.74) is 0.916. The van der Waals surface area contributed by atoms with E-state index in [4.69, 9.17) is 9.47 Å². The number of pyridine rings is 2. The highest BCUT2D eigenvalue weighted by Gasteiger charge is 2.30. The van der Waals surface area contributed by atoms with Crippen LogP contribution in [0, 0.1) is 11.3 Å². The van der Waals surface area contributed by atoms with Crippen LogP contribution in [0.5, 0.6) is 5.75 Å². The van der Waals surface area contributed by atoms with Crippen molar-refractivity contribution in [2.45, 2.75) is 51.3 Å². The van der Waals surface area contributed by atoms with Gasteiger partial charge in [0.2, 0.25) is 0 Å². The van der Waals surface area contributed by atoms with Crippen LogP contribution in [0.4, 0.5) is 4.79 Å². The van der Waals surface area contributed by atoms with E-state index in [2.05, 4.69) is 21.3 Å². The number of nitrogens with zero attached hydrogens (tertiary/aromatic N) is 4. The van der Waals surface area contributed by atoms with Crippen LogP contribution in [-0.2, 0) is 4.74 Å². The van der Waals surface area contributed by atoms with Gasteiger partial charge < -0.3 is 19.7 Å². The first-order valence-electron chi connectivity index (χ1n) is 10.5. The number of nitrogens with one attached hydrogen (secondary N) is 1. The molecule has 0 spiro atoms. The van der Waals surface area contributed by atoms with Crippen molar-refractivity contribution in [2.75, 3.05) is 26.2 Å². The van der Waals surface area contributed by atoms with Crippen LogP contribution in [0.25, 0.3) is 11.0 Å². The highest BCUT2D eigenvalue weighted by atomic mass is 16.6. The predicted octanol–water partition coefficient (Wildman–Crippen LogP) is 2.19. The van der Waals surface area contributed by atoms with E-state index in [1.807, 2.05) is 20.8 Å². The van der Waals surface area contributed by atoms with Crippen LogP contribution in [0.15, 0.2) is 23.1 Å². The smallest absolute Gasteiger partial charge is 0.407 e. The number of rotatable bonds is 3. The Hall–Kier alpha value is -3.12. The molecule has 9 heteroatoms. The average molecular weight is 425 g/mol. The Morgan fingerprint density at radius 2 is 2.10 bits per heavy atom. The molecular formula is C22H27N5O4. The lowest BCUT2D eigenvalue weighted by Crippen LogP contribution is -2.48. The SMILES string of the molecule is CC(C)(C)OC(=O)NC1CCN(C[C@@H]2COc3c(C#N)cnc4ccc(=O)n2c34)CC1. The van der Waals surface area contributed by atoms with Gasteiger partial charge in [-0.25, -0.2) is 4.79 Å². The molecule has 1 atom stereocenters. The second-order valence-corrected chi connectivity index (χ2v) is 9.07. The lowest BCUT2D eigenvalue weighted by molar-refractivity contribution is 0.0473. The summed E-state index contributed by atoms with van der Waals surface area (Å²) in [6, 6.07) is 5.17. The zero-order chi connectivity index (χ0) is 22.2. The molecule has 164 valence electrons. The molecule has 0 aromatic carbocycles. The van der Waals surface area contributed by atoms with Crippen molar-refractivity contribution in [3.63, 3.8) is 0 Å². The zero-order valence-corrected chi connectivity index (χ0v) is 18.1. The van der Waals surface area contributed by atoms with Crippen molar-refractivity contribution in [2.24, 2.45) is 0 Å². The van der Waals surface area contributed by atoms with E-state index in [-0.39, 0.29) is 23.7 Å². The number of carbonyl (C=O) groups is 1. The fourth-order valence-electron chi connectivity index (χ4n) is 4.20. The van der Waals surface area contributed by atoms with Gasteiger partial charge in [0.1, 0.15) is 29.4 Å². The maximum Gasteiger partial charge on any atom is 0.407 e. The molecule has 2 aromatic rings. The second-order valence-electron chi connectivity index (χ2n) is 9.07. The van der Waals surface area contributed by atoms with Gasteiger partial charge in [0.05, 0.1) is 11.6 Å². The topological polar surface area (TPSA) is 109 Å². The molecule has 0 bridgehead atoms. The Balaban J connectivity index is 1.44. The number of ether oxygens (including phenoxy) is 2. The number of nitriles is 1. The van der Waals surface area contributed by atoms with Crippen LogP contribution < -0.4 is 15.6 Å². The summed E-state index contributed by atoms with van der Waals surface area (Å²) in [5.74, 6) is 0.432. The first kappa shape index (κ1) is 21.1. The largest absolute Gasteiger partial charge is 0.488 e. The number of likely N-dealkylation sites (tertiary alicyclic amines) is 1. The van der Waals surface area contributed by atoms with Gasteiger partial charge in [0.25, 0.3) is 5.56 Å². The Bertz CT molecular complexity index is 1090. The first-order chi connectivity index (χ1) is 14.7. The normalized spacial score (nSPS) is 19.5. The monoisotopic (exact) mass is 425 g/mol. The van der Waals surface area contributed by atoms with Crippen molar-refractivity contribution in [1.29, 1.82) is 5.26 Å². The Morgan fingerprint density at radius 3 is 2.77 bits per heavy atom. The number of hydrogen-bond acceptors (Lipinski definition) is 7. The molecule has 4 heterocycles. The molecule has 1 fully saturated rings. The lowest BCUT2D eigenvalue weighted by Gasteiger charge is -2.36. The molecule has 9 nitrogen and oxygen atoms in total. The summed E-state index contributed by atoms with van der Waals surface area (Å²) < 4.78 is 13.0. The molecule has 0 unspecified atom stereocenters. The summed E-state index contributed by atoms with van der Waals surface area (Å²) in [4.78, 5) is 31.3. The van der Waals surface area contributed by atoms with Crippen LogP contribution >= 0.6 is 0 Å². The summed E-state index contributed by atoms with van der Waals surface area (Å²) in [6.45, 7) is 8.09. The molecule has 31 heavy (non-hydrogen) atoms. The first-order valence-corrected chi connectivity index (χ1v) is 10.5. The highest BCUT2D eigenvalue weighted by molar-refractivity contribution is 5.84. The van der Waals surface area contributed by atoms with E-state index in [1.54, 1.807) is 10.6 Å². The molecule has 1 saturated heterocycles. The Kier molecular flexibility index (Phi) is 5.58. The standard InChI is InChI=1S/C22H27N5O4/c1-22(2,3)31-21(29)25-15-6-8-26(9-7-15)12-16-13-30-20-14(10-23)11-24-17-4-5-18(28)27(16)19(17)20/h4-5,11,15-16H,6-9,12-13H2,1-3H3,(H,25,29)/t16-/m1/s1. The van der Waals surface area contributed by atoms with Gasteiger partial charge in [-0.3, -0.25) is 14.3 Å². The van der Waals surface area contributed by atoms with E-state index in [9.17, 15) is 14.9 Å². The van der Waals surface area contributed by atoms with Crippen LogP contribution in [0.2, 0.25) is 0 Å². The molecule has 2 aliphatic rings. The third kappa shape index (κ3) is 4.49. The van der Waals surface area contributed by atoms with Gasteiger partial charge in [-0.2, -0.15) is 5.26 Å². The number of alkyl carbamates (subject to hydrolysis) is 1. The summed E-state index contributed by atoms with van der Waals surface area (Å²) in [5, 5.41) is 12.3. The molecule has 0 radical (unpaired) electrons. The minimum absolute atomic E-state index is 0.0722. The maximum absolute atomic E-state index is 12.7. The fraction of sp³-hybridized carbons (Fsp3) is 0.545. The minimum atomic E-state index is -0.517. The lowest BCUT2D eigenvalue weighted by atomic mass is 10.0. The molecule has 4 rings (SSSR count). The molecule has 1 amide bonds. The predicted molar refractivity (Wildman–Crippen MR) is 114 cm³/mol. The number of aromatic nitrogens is 2. The number of piperidine rings is 1. The molecular weight excluding hydrogens is 398 g/mol. The van der Waals surface area contributed by atoms with Crippen molar-refractivity contribution in [1.82, 2.24) is 19.8 Å².